The maximum absolute atomic E-state index is 14.0. The first kappa shape index (κ1) is 15.0. The van der Waals surface area contributed by atoms with Gasteiger partial charge in [0.25, 0.3) is 0 Å². The highest BCUT2D eigenvalue weighted by molar-refractivity contribution is 6.30. The van der Waals surface area contributed by atoms with E-state index in [1.54, 1.807) is 24.4 Å². The van der Waals surface area contributed by atoms with Crippen LogP contribution in [-0.2, 0) is 19.9 Å². The van der Waals surface area contributed by atoms with Gasteiger partial charge in [0.05, 0.1) is 5.02 Å². The number of benzene rings is 1. The van der Waals surface area contributed by atoms with Crippen LogP contribution >= 0.6 is 11.6 Å². The van der Waals surface area contributed by atoms with Gasteiger partial charge in [-0.05, 0) is 24.6 Å². The van der Waals surface area contributed by atoms with Gasteiger partial charge in [-0.1, -0.05) is 30.7 Å². The van der Waals surface area contributed by atoms with Gasteiger partial charge < -0.3 is 9.88 Å². The fourth-order valence-corrected chi connectivity index (χ4v) is 2.48. The SMILES string of the molecule is CCNC(Cc1cccc(Cl)c1F)Cc1nccn1C. The number of hydrogen-bond acceptors (Lipinski definition) is 2. The molecule has 2 rings (SSSR count). The Morgan fingerprint density at radius 3 is 2.85 bits per heavy atom. The number of nitrogens with one attached hydrogen (secondary N) is 1. The zero-order chi connectivity index (χ0) is 14.5. The highest BCUT2D eigenvalue weighted by Gasteiger charge is 2.15. The molecule has 108 valence electrons. The smallest absolute Gasteiger partial charge is 0.145 e. The molecule has 0 bridgehead atoms. The van der Waals surface area contributed by atoms with E-state index < -0.39 is 0 Å². The van der Waals surface area contributed by atoms with E-state index in [0.717, 1.165) is 18.8 Å². The Bertz CT molecular complexity index is 568. The van der Waals surface area contributed by atoms with Gasteiger partial charge in [-0.25, -0.2) is 9.37 Å². The fourth-order valence-electron chi connectivity index (χ4n) is 2.29. The van der Waals surface area contributed by atoms with E-state index in [0.29, 0.717) is 12.0 Å². The van der Waals surface area contributed by atoms with Crippen LogP contribution in [0.5, 0.6) is 0 Å². The van der Waals surface area contributed by atoms with Crippen molar-refractivity contribution in [3.63, 3.8) is 0 Å². The molecule has 0 amide bonds. The summed E-state index contributed by atoms with van der Waals surface area (Å²) in [6, 6.07) is 5.27. The van der Waals surface area contributed by atoms with Crippen LogP contribution in [0.25, 0.3) is 0 Å². The zero-order valence-corrected chi connectivity index (χ0v) is 12.5. The molecule has 1 aromatic heterocycles. The molecule has 0 fully saturated rings. The zero-order valence-electron chi connectivity index (χ0n) is 11.7. The molecule has 1 aromatic carbocycles. The number of likely N-dealkylation sites (N-methyl/N-ethyl adjacent to an activating group) is 1. The van der Waals surface area contributed by atoms with E-state index in [-0.39, 0.29) is 16.9 Å². The van der Waals surface area contributed by atoms with E-state index in [4.69, 9.17) is 11.6 Å². The van der Waals surface area contributed by atoms with Crippen LogP contribution in [0.3, 0.4) is 0 Å². The molecule has 1 atom stereocenters. The molecule has 0 aliphatic heterocycles. The summed E-state index contributed by atoms with van der Waals surface area (Å²) in [5, 5.41) is 3.56. The third-order valence-electron chi connectivity index (χ3n) is 3.34. The van der Waals surface area contributed by atoms with E-state index in [1.807, 2.05) is 24.7 Å². The van der Waals surface area contributed by atoms with Gasteiger partial charge in [0.1, 0.15) is 11.6 Å². The Balaban J connectivity index is 2.13. The van der Waals surface area contributed by atoms with E-state index in [1.165, 1.54) is 0 Å². The molecule has 1 heterocycles. The number of nitrogens with zero attached hydrogens (tertiary/aromatic N) is 2. The first-order chi connectivity index (χ1) is 9.61. The quantitative estimate of drug-likeness (QED) is 0.888. The summed E-state index contributed by atoms with van der Waals surface area (Å²) in [5.74, 6) is 0.662. The molecule has 0 saturated heterocycles. The van der Waals surface area contributed by atoms with Gasteiger partial charge in [0, 0.05) is 31.9 Å². The average Bonchev–Trinajstić information content (AvgIpc) is 2.81. The van der Waals surface area contributed by atoms with Gasteiger partial charge in [0.15, 0.2) is 0 Å². The van der Waals surface area contributed by atoms with E-state index >= 15 is 0 Å². The molecular formula is C15H19ClFN3. The summed E-state index contributed by atoms with van der Waals surface area (Å²) < 4.78 is 16.0. The van der Waals surface area contributed by atoms with Gasteiger partial charge in [0.2, 0.25) is 0 Å². The minimum Gasteiger partial charge on any atom is -0.338 e. The van der Waals surface area contributed by atoms with Crippen molar-refractivity contribution in [3.05, 3.63) is 52.8 Å². The van der Waals surface area contributed by atoms with Crippen molar-refractivity contribution >= 4 is 11.6 Å². The van der Waals surface area contributed by atoms with Crippen molar-refractivity contribution < 1.29 is 4.39 Å². The molecule has 20 heavy (non-hydrogen) atoms. The minimum absolute atomic E-state index is 0.133. The molecule has 0 spiro atoms. The highest BCUT2D eigenvalue weighted by atomic mass is 35.5. The van der Waals surface area contributed by atoms with Crippen molar-refractivity contribution in [2.75, 3.05) is 6.54 Å². The lowest BCUT2D eigenvalue weighted by molar-refractivity contribution is 0.491. The summed E-state index contributed by atoms with van der Waals surface area (Å²) in [5.41, 5.74) is 0.637. The standard InChI is InChI=1S/C15H19ClFN3/c1-3-18-12(10-14-19-7-8-20(14)2)9-11-5-4-6-13(16)15(11)17/h4-8,12,18H,3,9-10H2,1-2H3. The number of halogens is 2. The third kappa shape index (κ3) is 3.58. The fraction of sp³-hybridized carbons (Fsp3) is 0.400. The Labute approximate surface area is 123 Å². The normalized spacial score (nSPS) is 12.6. The number of imidazole rings is 1. The van der Waals surface area contributed by atoms with Crippen LogP contribution < -0.4 is 5.32 Å². The summed E-state index contributed by atoms with van der Waals surface area (Å²) in [7, 11) is 1.96. The molecule has 1 unspecified atom stereocenters. The van der Waals surface area contributed by atoms with Gasteiger partial charge >= 0.3 is 0 Å². The summed E-state index contributed by atoms with van der Waals surface area (Å²) in [4.78, 5) is 4.32. The summed E-state index contributed by atoms with van der Waals surface area (Å²) in [6.07, 6.45) is 5.03. The number of rotatable bonds is 6. The van der Waals surface area contributed by atoms with Crippen LogP contribution in [0.1, 0.15) is 18.3 Å². The van der Waals surface area contributed by atoms with Crippen molar-refractivity contribution in [2.24, 2.45) is 7.05 Å². The molecule has 0 saturated carbocycles. The first-order valence-corrected chi connectivity index (χ1v) is 7.12. The predicted octanol–water partition coefficient (Wildman–Crippen LogP) is 2.98. The maximum atomic E-state index is 14.0. The lowest BCUT2D eigenvalue weighted by Gasteiger charge is -2.18. The molecule has 0 aliphatic carbocycles. The predicted molar refractivity (Wildman–Crippen MR) is 79.5 cm³/mol. The summed E-state index contributed by atoms with van der Waals surface area (Å²) in [6.45, 7) is 2.87. The molecular weight excluding hydrogens is 277 g/mol. The lowest BCUT2D eigenvalue weighted by atomic mass is 10.0. The third-order valence-corrected chi connectivity index (χ3v) is 3.63. The van der Waals surface area contributed by atoms with Crippen LogP contribution in [0.15, 0.2) is 30.6 Å². The van der Waals surface area contributed by atoms with Crippen molar-refractivity contribution in [2.45, 2.75) is 25.8 Å². The highest BCUT2D eigenvalue weighted by Crippen LogP contribution is 2.19. The van der Waals surface area contributed by atoms with E-state index in [2.05, 4.69) is 10.3 Å². The monoisotopic (exact) mass is 295 g/mol. The van der Waals surface area contributed by atoms with Gasteiger partial charge in [-0.15, -0.1) is 0 Å². The first-order valence-electron chi connectivity index (χ1n) is 6.74. The molecule has 1 N–H and O–H groups in total. The number of hydrogen-bond donors (Lipinski definition) is 1. The van der Waals surface area contributed by atoms with Crippen molar-refractivity contribution in [1.82, 2.24) is 14.9 Å². The minimum atomic E-state index is -0.322. The van der Waals surface area contributed by atoms with E-state index in [9.17, 15) is 4.39 Å². The van der Waals surface area contributed by atoms with Gasteiger partial charge in [-0.3, -0.25) is 0 Å². The Hall–Kier alpha value is -1.39. The second kappa shape index (κ2) is 6.86. The molecule has 2 aromatic rings. The molecule has 5 heteroatoms. The van der Waals surface area contributed by atoms with Crippen LogP contribution in [0.4, 0.5) is 4.39 Å². The second-order valence-corrected chi connectivity index (χ2v) is 5.24. The number of aromatic nitrogens is 2. The van der Waals surface area contributed by atoms with Crippen LogP contribution in [0.2, 0.25) is 5.02 Å². The largest absolute Gasteiger partial charge is 0.338 e. The van der Waals surface area contributed by atoms with Crippen molar-refractivity contribution in [3.8, 4) is 0 Å². The average molecular weight is 296 g/mol. The van der Waals surface area contributed by atoms with Crippen LogP contribution in [0, 0.1) is 5.82 Å². The Morgan fingerprint density at radius 1 is 1.40 bits per heavy atom. The maximum Gasteiger partial charge on any atom is 0.145 e. The van der Waals surface area contributed by atoms with Crippen LogP contribution in [-0.4, -0.2) is 22.1 Å². The molecule has 3 nitrogen and oxygen atoms in total. The topological polar surface area (TPSA) is 29.9 Å². The Kier molecular flexibility index (Phi) is 5.15. The summed E-state index contributed by atoms with van der Waals surface area (Å²) >= 11 is 5.83. The molecule has 0 aliphatic rings. The van der Waals surface area contributed by atoms with Gasteiger partial charge in [-0.2, -0.15) is 0 Å². The number of aryl methyl sites for hydroxylation is 1. The lowest BCUT2D eigenvalue weighted by Crippen LogP contribution is -2.34. The molecule has 0 radical (unpaired) electrons. The second-order valence-electron chi connectivity index (χ2n) is 4.83. The van der Waals surface area contributed by atoms with Crippen molar-refractivity contribution in [1.29, 1.82) is 0 Å². The Morgan fingerprint density at radius 2 is 2.20 bits per heavy atom.